The molecule has 0 heterocycles. The van der Waals surface area contributed by atoms with Gasteiger partial charge in [0.2, 0.25) is 0 Å². The molecule has 0 bridgehead atoms. The Balaban J connectivity index is 2.10. The number of amides is 1. The summed E-state index contributed by atoms with van der Waals surface area (Å²) in [5, 5.41) is 6.43. The number of carbonyl (C=O) groups excluding carboxylic acids is 1. The molecule has 2 N–H and O–H groups in total. The van der Waals surface area contributed by atoms with E-state index >= 15 is 0 Å². The molecule has 1 atom stereocenters. The zero-order valence-electron chi connectivity index (χ0n) is 12.4. The van der Waals surface area contributed by atoms with Crippen molar-refractivity contribution < 1.29 is 9.53 Å². The van der Waals surface area contributed by atoms with Gasteiger partial charge in [-0.1, -0.05) is 20.3 Å². The molecule has 0 aromatic rings. The molecule has 0 aliphatic heterocycles. The highest BCUT2D eigenvalue weighted by Gasteiger charge is 2.31. The lowest BCUT2D eigenvalue weighted by Gasteiger charge is -2.37. The van der Waals surface area contributed by atoms with E-state index in [1.54, 1.807) is 0 Å². The lowest BCUT2D eigenvalue weighted by atomic mass is 9.86. The second kappa shape index (κ2) is 6.41. The van der Waals surface area contributed by atoms with Crippen molar-refractivity contribution in [3.63, 3.8) is 0 Å². The normalized spacial score (nSPS) is 25.2. The fraction of sp³-hybridized carbons (Fsp3) is 0.929. The van der Waals surface area contributed by atoms with E-state index < -0.39 is 5.60 Å². The van der Waals surface area contributed by atoms with Crippen LogP contribution in [-0.4, -0.2) is 30.3 Å². The molecular weight excluding hydrogens is 228 g/mol. The summed E-state index contributed by atoms with van der Waals surface area (Å²) in [7, 11) is 0. The molecule has 1 aliphatic carbocycles. The Bertz CT molecular complexity index is 267. The van der Waals surface area contributed by atoms with E-state index in [4.69, 9.17) is 4.74 Å². The van der Waals surface area contributed by atoms with Gasteiger partial charge in [0, 0.05) is 12.1 Å². The number of rotatable bonds is 5. The fourth-order valence-corrected chi connectivity index (χ4v) is 1.89. The number of alkyl carbamates (subject to hydrolysis) is 1. The number of nitrogens with one attached hydrogen (secondary N) is 2. The number of carbonyl (C=O) groups is 1. The van der Waals surface area contributed by atoms with Crippen molar-refractivity contribution in [3.05, 3.63) is 0 Å². The number of hydrogen-bond acceptors (Lipinski definition) is 3. The molecule has 4 nitrogen and oxygen atoms in total. The largest absolute Gasteiger partial charge is 0.444 e. The van der Waals surface area contributed by atoms with Crippen LogP contribution in [0.15, 0.2) is 0 Å². The summed E-state index contributed by atoms with van der Waals surface area (Å²) in [4.78, 5) is 11.5. The Morgan fingerprint density at radius 1 is 1.33 bits per heavy atom. The van der Waals surface area contributed by atoms with Crippen LogP contribution in [0.4, 0.5) is 4.79 Å². The Morgan fingerprint density at radius 3 is 2.44 bits per heavy atom. The van der Waals surface area contributed by atoms with Gasteiger partial charge < -0.3 is 15.4 Å². The van der Waals surface area contributed by atoms with Gasteiger partial charge in [-0.25, -0.2) is 4.79 Å². The van der Waals surface area contributed by atoms with Crippen LogP contribution in [0.1, 0.15) is 53.9 Å². The van der Waals surface area contributed by atoms with E-state index in [1.807, 2.05) is 20.8 Å². The molecule has 0 saturated heterocycles. The van der Waals surface area contributed by atoms with Gasteiger partial charge in [-0.2, -0.15) is 0 Å². The van der Waals surface area contributed by atoms with E-state index in [0.29, 0.717) is 6.04 Å². The zero-order chi connectivity index (χ0) is 13.8. The average molecular weight is 256 g/mol. The molecular formula is C14H28N2O2. The molecule has 0 aromatic carbocycles. The highest BCUT2D eigenvalue weighted by Crippen LogP contribution is 2.21. The van der Waals surface area contributed by atoms with E-state index in [0.717, 1.165) is 25.3 Å². The lowest BCUT2D eigenvalue weighted by Crippen LogP contribution is -2.53. The quantitative estimate of drug-likeness (QED) is 0.795. The summed E-state index contributed by atoms with van der Waals surface area (Å²) in [6.07, 6.45) is 2.93. The van der Waals surface area contributed by atoms with Crippen LogP contribution in [-0.2, 0) is 4.74 Å². The highest BCUT2D eigenvalue weighted by atomic mass is 16.6. The monoisotopic (exact) mass is 256 g/mol. The van der Waals surface area contributed by atoms with Gasteiger partial charge in [0.05, 0.1) is 0 Å². The molecule has 1 unspecified atom stereocenters. The third-order valence-electron chi connectivity index (χ3n) is 3.31. The SMILES string of the molecule is CCC(C)CNC1CC(NC(=O)OC(C)(C)C)C1. The molecule has 18 heavy (non-hydrogen) atoms. The first kappa shape index (κ1) is 15.3. The molecule has 1 saturated carbocycles. The minimum Gasteiger partial charge on any atom is -0.444 e. The Kier molecular flexibility index (Phi) is 5.45. The van der Waals surface area contributed by atoms with Gasteiger partial charge in [0.25, 0.3) is 0 Å². The molecule has 1 amide bonds. The summed E-state index contributed by atoms with van der Waals surface area (Å²) in [6.45, 7) is 11.2. The van der Waals surface area contributed by atoms with E-state index in [9.17, 15) is 4.79 Å². The molecule has 0 radical (unpaired) electrons. The van der Waals surface area contributed by atoms with Gasteiger partial charge in [0.1, 0.15) is 5.60 Å². The van der Waals surface area contributed by atoms with Crippen molar-refractivity contribution in [3.8, 4) is 0 Å². The average Bonchev–Trinajstić information content (AvgIpc) is 2.17. The van der Waals surface area contributed by atoms with E-state index in [1.165, 1.54) is 6.42 Å². The van der Waals surface area contributed by atoms with Crippen LogP contribution in [0.25, 0.3) is 0 Å². The summed E-state index contributed by atoms with van der Waals surface area (Å²) < 4.78 is 5.22. The van der Waals surface area contributed by atoms with E-state index in [-0.39, 0.29) is 12.1 Å². The minimum atomic E-state index is -0.415. The molecule has 0 aromatic heterocycles. The summed E-state index contributed by atoms with van der Waals surface area (Å²) >= 11 is 0. The van der Waals surface area contributed by atoms with Crippen molar-refractivity contribution >= 4 is 6.09 Å². The third kappa shape index (κ3) is 5.71. The van der Waals surface area contributed by atoms with Crippen molar-refractivity contribution in [1.82, 2.24) is 10.6 Å². The Labute approximate surface area is 111 Å². The van der Waals surface area contributed by atoms with Crippen molar-refractivity contribution in [2.75, 3.05) is 6.54 Å². The lowest BCUT2D eigenvalue weighted by molar-refractivity contribution is 0.0464. The van der Waals surface area contributed by atoms with Crippen LogP contribution < -0.4 is 10.6 Å². The zero-order valence-corrected chi connectivity index (χ0v) is 12.4. The summed E-state index contributed by atoms with van der Waals surface area (Å²) in [5.74, 6) is 0.725. The smallest absolute Gasteiger partial charge is 0.407 e. The third-order valence-corrected chi connectivity index (χ3v) is 3.31. The van der Waals surface area contributed by atoms with Gasteiger partial charge >= 0.3 is 6.09 Å². The van der Waals surface area contributed by atoms with Gasteiger partial charge in [0.15, 0.2) is 0 Å². The molecule has 106 valence electrons. The van der Waals surface area contributed by atoms with Crippen LogP contribution in [0.3, 0.4) is 0 Å². The predicted molar refractivity (Wildman–Crippen MR) is 73.6 cm³/mol. The molecule has 4 heteroatoms. The van der Waals surface area contributed by atoms with Gasteiger partial charge in [-0.05, 0) is 46.1 Å². The molecule has 1 fully saturated rings. The second-order valence-corrected chi connectivity index (χ2v) is 6.43. The van der Waals surface area contributed by atoms with Crippen LogP contribution in [0.5, 0.6) is 0 Å². The van der Waals surface area contributed by atoms with Crippen molar-refractivity contribution in [2.45, 2.75) is 71.6 Å². The maximum Gasteiger partial charge on any atom is 0.407 e. The highest BCUT2D eigenvalue weighted by molar-refractivity contribution is 5.68. The second-order valence-electron chi connectivity index (χ2n) is 6.43. The van der Waals surface area contributed by atoms with Crippen LogP contribution >= 0.6 is 0 Å². The first-order chi connectivity index (χ1) is 8.30. The van der Waals surface area contributed by atoms with Gasteiger partial charge in [-0.15, -0.1) is 0 Å². The maximum atomic E-state index is 11.5. The fourth-order valence-electron chi connectivity index (χ4n) is 1.89. The topological polar surface area (TPSA) is 50.4 Å². The summed E-state index contributed by atoms with van der Waals surface area (Å²) in [6, 6.07) is 0.827. The molecule has 0 spiro atoms. The van der Waals surface area contributed by atoms with Crippen molar-refractivity contribution in [2.24, 2.45) is 5.92 Å². The van der Waals surface area contributed by atoms with Crippen LogP contribution in [0.2, 0.25) is 0 Å². The Hall–Kier alpha value is -0.770. The van der Waals surface area contributed by atoms with Crippen LogP contribution in [0, 0.1) is 5.92 Å². The van der Waals surface area contributed by atoms with Gasteiger partial charge in [-0.3, -0.25) is 0 Å². The predicted octanol–water partition coefficient (Wildman–Crippen LogP) is 2.68. The summed E-state index contributed by atoms with van der Waals surface area (Å²) in [5.41, 5.74) is -0.415. The standard InChI is InChI=1S/C14H28N2O2/c1-6-10(2)9-15-11-7-12(8-11)16-13(17)18-14(3,4)5/h10-12,15H,6-9H2,1-5H3,(H,16,17). The first-order valence-corrected chi connectivity index (χ1v) is 7.03. The first-order valence-electron chi connectivity index (χ1n) is 7.03. The maximum absolute atomic E-state index is 11.5. The molecule has 1 rings (SSSR count). The number of hydrogen-bond donors (Lipinski definition) is 2. The minimum absolute atomic E-state index is 0.272. The number of ether oxygens (including phenoxy) is 1. The Morgan fingerprint density at radius 2 is 1.94 bits per heavy atom. The van der Waals surface area contributed by atoms with E-state index in [2.05, 4.69) is 24.5 Å². The molecule has 1 aliphatic rings. The van der Waals surface area contributed by atoms with Crippen molar-refractivity contribution in [1.29, 1.82) is 0 Å².